The third-order valence-electron chi connectivity index (χ3n) is 4.20. The number of ether oxygens (including phenoxy) is 1. The molecular formula is C16H20F3N3O2. The average molecular weight is 343 g/mol. The molecule has 1 aromatic rings. The van der Waals surface area contributed by atoms with Gasteiger partial charge in [0.2, 0.25) is 5.91 Å². The molecule has 0 spiro atoms. The number of hydrogen-bond acceptors (Lipinski definition) is 4. The standard InChI is InChI=1S/C16H20F3N3O2/c17-16(18,19)9-20-7-13-12(11-5-6-24-8-11)3-4-14(21-13)22-15(23)10-1-2-10/h3-4,10-11,20H,1-2,5-9H2,(H,21,22,23). The third kappa shape index (κ3) is 4.67. The van der Waals surface area contributed by atoms with Crippen LogP contribution in [-0.4, -0.2) is 36.8 Å². The molecule has 5 nitrogen and oxygen atoms in total. The molecule has 1 saturated heterocycles. The van der Waals surface area contributed by atoms with Gasteiger partial charge in [0.15, 0.2) is 0 Å². The summed E-state index contributed by atoms with van der Waals surface area (Å²) < 4.78 is 42.4. The summed E-state index contributed by atoms with van der Waals surface area (Å²) in [5.41, 5.74) is 1.41. The number of halogens is 3. The van der Waals surface area contributed by atoms with Gasteiger partial charge in [0.1, 0.15) is 5.82 Å². The first-order valence-corrected chi connectivity index (χ1v) is 8.08. The summed E-state index contributed by atoms with van der Waals surface area (Å²) >= 11 is 0. The topological polar surface area (TPSA) is 63.2 Å². The molecule has 8 heteroatoms. The van der Waals surface area contributed by atoms with Crippen molar-refractivity contribution in [3.63, 3.8) is 0 Å². The van der Waals surface area contributed by atoms with Gasteiger partial charge in [-0.25, -0.2) is 4.98 Å². The molecule has 1 saturated carbocycles. The zero-order valence-electron chi connectivity index (χ0n) is 13.2. The predicted molar refractivity (Wildman–Crippen MR) is 81.5 cm³/mol. The lowest BCUT2D eigenvalue weighted by Gasteiger charge is -2.16. The number of rotatable bonds is 6. The Bertz CT molecular complexity index is 597. The Kier molecular flexibility index (Phi) is 5.05. The van der Waals surface area contributed by atoms with Crippen LogP contribution in [0.25, 0.3) is 0 Å². The van der Waals surface area contributed by atoms with E-state index in [-0.39, 0.29) is 24.3 Å². The number of amides is 1. The van der Waals surface area contributed by atoms with Crippen molar-refractivity contribution in [3.05, 3.63) is 23.4 Å². The van der Waals surface area contributed by atoms with E-state index in [0.717, 1.165) is 24.8 Å². The second kappa shape index (κ2) is 7.06. The van der Waals surface area contributed by atoms with Crippen LogP contribution in [0.4, 0.5) is 19.0 Å². The fourth-order valence-electron chi connectivity index (χ4n) is 2.77. The van der Waals surface area contributed by atoms with Crippen LogP contribution in [0.1, 0.15) is 36.4 Å². The van der Waals surface area contributed by atoms with Crippen LogP contribution in [0.5, 0.6) is 0 Å². The van der Waals surface area contributed by atoms with E-state index in [1.807, 2.05) is 6.07 Å². The number of hydrogen-bond donors (Lipinski definition) is 2. The first kappa shape index (κ1) is 17.2. The zero-order chi connectivity index (χ0) is 17.2. The Labute approximate surface area is 138 Å². The third-order valence-corrected chi connectivity index (χ3v) is 4.20. The number of anilines is 1. The number of carbonyl (C=O) groups excluding carboxylic acids is 1. The lowest BCUT2D eigenvalue weighted by atomic mass is 9.96. The highest BCUT2D eigenvalue weighted by Gasteiger charge is 2.30. The monoisotopic (exact) mass is 343 g/mol. The van der Waals surface area contributed by atoms with Crippen molar-refractivity contribution in [2.75, 3.05) is 25.1 Å². The number of nitrogens with one attached hydrogen (secondary N) is 2. The molecule has 1 amide bonds. The molecule has 0 aromatic carbocycles. The maximum absolute atomic E-state index is 12.3. The van der Waals surface area contributed by atoms with Crippen molar-refractivity contribution in [1.82, 2.24) is 10.3 Å². The van der Waals surface area contributed by atoms with Gasteiger partial charge in [-0.05, 0) is 30.9 Å². The van der Waals surface area contributed by atoms with Crippen LogP contribution in [0.15, 0.2) is 12.1 Å². The van der Waals surface area contributed by atoms with E-state index in [9.17, 15) is 18.0 Å². The highest BCUT2D eigenvalue weighted by molar-refractivity contribution is 5.93. The van der Waals surface area contributed by atoms with Crippen molar-refractivity contribution >= 4 is 11.7 Å². The maximum Gasteiger partial charge on any atom is 0.401 e. The van der Waals surface area contributed by atoms with Gasteiger partial charge in [-0.3, -0.25) is 4.79 Å². The molecule has 2 aliphatic rings. The van der Waals surface area contributed by atoms with Crippen LogP contribution in [0.3, 0.4) is 0 Å². The maximum atomic E-state index is 12.3. The van der Waals surface area contributed by atoms with E-state index < -0.39 is 12.7 Å². The fraction of sp³-hybridized carbons (Fsp3) is 0.625. The minimum absolute atomic E-state index is 0.00151. The van der Waals surface area contributed by atoms with Crippen molar-refractivity contribution in [2.24, 2.45) is 5.92 Å². The van der Waals surface area contributed by atoms with Gasteiger partial charge in [0.25, 0.3) is 0 Å². The predicted octanol–water partition coefficient (Wildman–Crippen LogP) is 2.59. The summed E-state index contributed by atoms with van der Waals surface area (Å²) in [6, 6.07) is 3.54. The molecule has 1 unspecified atom stereocenters. The molecule has 1 aliphatic heterocycles. The lowest BCUT2D eigenvalue weighted by molar-refractivity contribution is -0.125. The van der Waals surface area contributed by atoms with Crippen LogP contribution < -0.4 is 10.6 Å². The Morgan fingerprint density at radius 3 is 2.71 bits per heavy atom. The van der Waals surface area contributed by atoms with E-state index in [2.05, 4.69) is 15.6 Å². The lowest BCUT2D eigenvalue weighted by Crippen LogP contribution is -2.29. The van der Waals surface area contributed by atoms with Gasteiger partial charge in [0.05, 0.1) is 18.8 Å². The van der Waals surface area contributed by atoms with E-state index in [1.54, 1.807) is 6.07 Å². The molecule has 132 valence electrons. The zero-order valence-corrected chi connectivity index (χ0v) is 13.2. The molecular weight excluding hydrogens is 323 g/mol. The van der Waals surface area contributed by atoms with E-state index in [1.165, 1.54) is 0 Å². The smallest absolute Gasteiger partial charge is 0.381 e. The van der Waals surface area contributed by atoms with E-state index >= 15 is 0 Å². The molecule has 24 heavy (non-hydrogen) atoms. The summed E-state index contributed by atoms with van der Waals surface area (Å²) in [7, 11) is 0. The summed E-state index contributed by atoms with van der Waals surface area (Å²) in [5, 5.41) is 5.12. The van der Waals surface area contributed by atoms with Gasteiger partial charge in [-0.1, -0.05) is 6.07 Å². The van der Waals surface area contributed by atoms with Crippen LogP contribution in [0, 0.1) is 5.92 Å². The number of nitrogens with zero attached hydrogens (tertiary/aromatic N) is 1. The van der Waals surface area contributed by atoms with Crippen LogP contribution in [0.2, 0.25) is 0 Å². The van der Waals surface area contributed by atoms with Crippen LogP contribution in [-0.2, 0) is 16.1 Å². The highest BCUT2D eigenvalue weighted by Crippen LogP contribution is 2.31. The summed E-state index contributed by atoms with van der Waals surface area (Å²) in [4.78, 5) is 16.2. The number of carbonyl (C=O) groups is 1. The molecule has 2 fully saturated rings. The van der Waals surface area contributed by atoms with Crippen molar-refractivity contribution in [2.45, 2.75) is 37.9 Å². The van der Waals surface area contributed by atoms with Gasteiger partial charge in [-0.15, -0.1) is 0 Å². The van der Waals surface area contributed by atoms with Gasteiger partial charge >= 0.3 is 6.18 Å². The largest absolute Gasteiger partial charge is 0.401 e. The highest BCUT2D eigenvalue weighted by atomic mass is 19.4. The Balaban J connectivity index is 1.72. The van der Waals surface area contributed by atoms with Gasteiger partial charge in [-0.2, -0.15) is 13.2 Å². The molecule has 3 rings (SSSR count). The summed E-state index contributed by atoms with van der Waals surface area (Å²) in [6.45, 7) is 0.106. The molecule has 2 heterocycles. The summed E-state index contributed by atoms with van der Waals surface area (Å²) in [5.74, 6) is 0.488. The van der Waals surface area contributed by atoms with Crippen LogP contribution >= 0.6 is 0 Å². The Morgan fingerprint density at radius 2 is 2.08 bits per heavy atom. The summed E-state index contributed by atoms with van der Waals surface area (Å²) in [6.07, 6.45) is -1.69. The number of aromatic nitrogens is 1. The normalized spacial score (nSPS) is 21.0. The SMILES string of the molecule is O=C(Nc1ccc(C2CCOC2)c(CNCC(F)(F)F)n1)C1CC1. The van der Waals surface area contributed by atoms with Gasteiger partial charge < -0.3 is 15.4 Å². The fourth-order valence-corrected chi connectivity index (χ4v) is 2.77. The average Bonchev–Trinajstić information content (AvgIpc) is 3.22. The molecule has 1 aromatic heterocycles. The molecule has 0 bridgehead atoms. The molecule has 2 N–H and O–H groups in total. The Hall–Kier alpha value is -1.67. The van der Waals surface area contributed by atoms with Crippen molar-refractivity contribution < 1.29 is 22.7 Å². The quantitative estimate of drug-likeness (QED) is 0.833. The minimum Gasteiger partial charge on any atom is -0.381 e. The molecule has 0 radical (unpaired) electrons. The van der Waals surface area contributed by atoms with Gasteiger partial charge in [0, 0.05) is 25.0 Å². The second-order valence-corrected chi connectivity index (χ2v) is 6.28. The second-order valence-electron chi connectivity index (χ2n) is 6.28. The first-order valence-electron chi connectivity index (χ1n) is 8.08. The molecule has 1 aliphatic carbocycles. The number of alkyl halides is 3. The van der Waals surface area contributed by atoms with Crippen molar-refractivity contribution in [3.8, 4) is 0 Å². The molecule has 1 atom stereocenters. The first-order chi connectivity index (χ1) is 11.4. The van der Waals surface area contributed by atoms with E-state index in [0.29, 0.717) is 24.7 Å². The van der Waals surface area contributed by atoms with E-state index in [4.69, 9.17) is 4.74 Å². The number of pyridine rings is 1. The van der Waals surface area contributed by atoms with Crippen molar-refractivity contribution in [1.29, 1.82) is 0 Å². The minimum atomic E-state index is -4.27. The Morgan fingerprint density at radius 1 is 1.29 bits per heavy atom.